The summed E-state index contributed by atoms with van der Waals surface area (Å²) in [5.41, 5.74) is 2.33. The van der Waals surface area contributed by atoms with Crippen LogP contribution in [0.4, 0.5) is 0 Å². The third-order valence-corrected chi connectivity index (χ3v) is 6.08. The molecule has 1 aromatic carbocycles. The Morgan fingerprint density at radius 1 is 1.12 bits per heavy atom. The topological polar surface area (TPSA) is 62.2 Å². The Bertz CT molecular complexity index is 812. The molecule has 2 fully saturated rings. The highest BCUT2D eigenvalue weighted by atomic mass is 16.3. The summed E-state index contributed by atoms with van der Waals surface area (Å²) in [6.45, 7) is 3.76. The summed E-state index contributed by atoms with van der Waals surface area (Å²) >= 11 is 0. The molecule has 4 heteroatoms. The summed E-state index contributed by atoms with van der Waals surface area (Å²) in [7, 11) is 0. The Labute approximate surface area is 155 Å². The second-order valence-corrected chi connectivity index (χ2v) is 8.63. The zero-order valence-electron chi connectivity index (χ0n) is 15.7. The summed E-state index contributed by atoms with van der Waals surface area (Å²) in [5, 5.41) is 14.3. The van der Waals surface area contributed by atoms with Crippen LogP contribution in [-0.4, -0.2) is 27.6 Å². The van der Waals surface area contributed by atoms with Crippen LogP contribution in [0.1, 0.15) is 74.2 Å². The van der Waals surface area contributed by atoms with Crippen LogP contribution in [0, 0.1) is 5.92 Å². The van der Waals surface area contributed by atoms with Crippen LogP contribution >= 0.6 is 0 Å². The molecule has 138 valence electrons. The average molecular weight is 352 g/mol. The van der Waals surface area contributed by atoms with Gasteiger partial charge in [0.1, 0.15) is 0 Å². The van der Waals surface area contributed by atoms with Crippen molar-refractivity contribution >= 4 is 16.8 Å². The molecule has 1 heterocycles. The highest BCUT2D eigenvalue weighted by molar-refractivity contribution is 5.97. The van der Waals surface area contributed by atoms with Crippen molar-refractivity contribution in [2.24, 2.45) is 5.92 Å². The van der Waals surface area contributed by atoms with Crippen LogP contribution in [-0.2, 0) is 0 Å². The van der Waals surface area contributed by atoms with Gasteiger partial charge in [0.2, 0.25) is 0 Å². The normalized spacial score (nSPS) is 23.8. The lowest BCUT2D eigenvalue weighted by Gasteiger charge is -2.36. The number of pyridine rings is 1. The van der Waals surface area contributed by atoms with Crippen LogP contribution in [0.2, 0.25) is 0 Å². The van der Waals surface area contributed by atoms with Crippen LogP contribution < -0.4 is 5.32 Å². The smallest absolute Gasteiger partial charge is 0.253 e. The second kappa shape index (κ2) is 6.66. The maximum atomic E-state index is 12.6. The highest BCUT2D eigenvalue weighted by Gasteiger charge is 2.31. The minimum atomic E-state index is -0.628. The number of fused-ring (bicyclic) bond motifs is 1. The third kappa shape index (κ3) is 3.75. The maximum absolute atomic E-state index is 12.6. The number of aliphatic hydroxyl groups is 1. The van der Waals surface area contributed by atoms with Gasteiger partial charge in [0.05, 0.1) is 16.7 Å². The third-order valence-electron chi connectivity index (χ3n) is 6.08. The van der Waals surface area contributed by atoms with Gasteiger partial charge >= 0.3 is 0 Å². The van der Waals surface area contributed by atoms with E-state index in [2.05, 4.69) is 28.5 Å². The van der Waals surface area contributed by atoms with Gasteiger partial charge in [0.15, 0.2) is 0 Å². The largest absolute Gasteiger partial charge is 0.390 e. The van der Waals surface area contributed by atoms with Crippen molar-refractivity contribution in [1.29, 1.82) is 0 Å². The summed E-state index contributed by atoms with van der Waals surface area (Å²) in [6.07, 6.45) is 8.00. The van der Waals surface area contributed by atoms with E-state index in [4.69, 9.17) is 0 Å². The number of amides is 1. The molecular weight excluding hydrogens is 324 g/mol. The van der Waals surface area contributed by atoms with Gasteiger partial charge in [-0.2, -0.15) is 0 Å². The molecule has 0 atom stereocenters. The van der Waals surface area contributed by atoms with Gasteiger partial charge in [-0.25, -0.2) is 0 Å². The van der Waals surface area contributed by atoms with Crippen molar-refractivity contribution in [3.63, 3.8) is 0 Å². The van der Waals surface area contributed by atoms with Gasteiger partial charge < -0.3 is 10.4 Å². The maximum Gasteiger partial charge on any atom is 0.253 e. The van der Waals surface area contributed by atoms with E-state index >= 15 is 0 Å². The van der Waals surface area contributed by atoms with Gasteiger partial charge in [-0.15, -0.1) is 0 Å². The lowest BCUT2D eigenvalue weighted by molar-refractivity contribution is -0.00257. The Morgan fingerprint density at radius 3 is 2.50 bits per heavy atom. The van der Waals surface area contributed by atoms with Gasteiger partial charge in [-0.1, -0.05) is 12.1 Å². The molecule has 2 aliphatic carbocycles. The zero-order chi connectivity index (χ0) is 18.3. The predicted octanol–water partition coefficient (Wildman–Crippen LogP) is 4.17. The van der Waals surface area contributed by atoms with Crippen molar-refractivity contribution in [2.75, 3.05) is 0 Å². The Kier molecular flexibility index (Phi) is 4.47. The van der Waals surface area contributed by atoms with E-state index < -0.39 is 5.60 Å². The number of nitrogens with zero attached hydrogens (tertiary/aromatic N) is 1. The van der Waals surface area contributed by atoms with Crippen LogP contribution in [0.5, 0.6) is 0 Å². The minimum Gasteiger partial charge on any atom is -0.390 e. The minimum absolute atomic E-state index is 0.0441. The first kappa shape index (κ1) is 17.5. The van der Waals surface area contributed by atoms with E-state index in [1.54, 1.807) is 6.20 Å². The summed E-state index contributed by atoms with van der Waals surface area (Å²) in [5.74, 6) is 0.985. The number of hydrogen-bond donors (Lipinski definition) is 2. The van der Waals surface area contributed by atoms with E-state index in [-0.39, 0.29) is 11.9 Å². The van der Waals surface area contributed by atoms with E-state index in [9.17, 15) is 9.90 Å². The Morgan fingerprint density at radius 2 is 1.85 bits per heavy atom. The molecule has 2 aromatic rings. The predicted molar refractivity (Wildman–Crippen MR) is 103 cm³/mol. The zero-order valence-corrected chi connectivity index (χ0v) is 15.7. The van der Waals surface area contributed by atoms with Crippen LogP contribution in [0.15, 0.2) is 30.5 Å². The number of rotatable bonds is 4. The summed E-state index contributed by atoms with van der Waals surface area (Å²) < 4.78 is 0. The number of carbonyl (C=O) groups excluding carboxylic acids is 1. The second-order valence-electron chi connectivity index (χ2n) is 8.63. The van der Waals surface area contributed by atoms with Crippen molar-refractivity contribution in [1.82, 2.24) is 10.3 Å². The van der Waals surface area contributed by atoms with Crippen molar-refractivity contribution in [3.05, 3.63) is 41.6 Å². The van der Waals surface area contributed by atoms with Gasteiger partial charge in [0.25, 0.3) is 5.91 Å². The van der Waals surface area contributed by atoms with Crippen molar-refractivity contribution in [3.8, 4) is 0 Å². The quantitative estimate of drug-likeness (QED) is 0.868. The van der Waals surface area contributed by atoms with Crippen molar-refractivity contribution < 1.29 is 9.90 Å². The molecule has 26 heavy (non-hydrogen) atoms. The number of nitrogens with one attached hydrogen (secondary N) is 1. The van der Waals surface area contributed by atoms with Crippen LogP contribution in [0.3, 0.4) is 0 Å². The van der Waals surface area contributed by atoms with E-state index in [0.29, 0.717) is 17.4 Å². The fraction of sp³-hybridized carbons (Fsp3) is 0.545. The molecule has 0 bridgehead atoms. The molecular formula is C22H28N2O2. The number of benzene rings is 1. The van der Waals surface area contributed by atoms with E-state index in [0.717, 1.165) is 36.6 Å². The lowest BCUT2D eigenvalue weighted by atomic mass is 9.77. The Hall–Kier alpha value is -1.94. The Balaban J connectivity index is 1.41. The first-order valence-corrected chi connectivity index (χ1v) is 9.83. The van der Waals surface area contributed by atoms with Gasteiger partial charge in [-0.05, 0) is 81.9 Å². The molecule has 0 saturated heterocycles. The van der Waals surface area contributed by atoms with E-state index in [1.165, 1.54) is 18.4 Å². The SMILES string of the molecule is CC(C)(O)[C@H]1CC[C@H](NC(=O)c2cnc3cc(C4CC4)ccc3c2)CC1. The lowest BCUT2D eigenvalue weighted by Crippen LogP contribution is -2.41. The molecule has 2 aliphatic rings. The first-order valence-electron chi connectivity index (χ1n) is 9.83. The average Bonchev–Trinajstić information content (AvgIpc) is 3.45. The molecule has 0 radical (unpaired) electrons. The molecule has 1 amide bonds. The van der Waals surface area contributed by atoms with Gasteiger partial charge in [-0.3, -0.25) is 9.78 Å². The molecule has 0 unspecified atom stereocenters. The number of carbonyl (C=O) groups is 1. The molecule has 2 saturated carbocycles. The molecule has 4 rings (SSSR count). The first-order chi connectivity index (χ1) is 12.4. The molecule has 1 aromatic heterocycles. The van der Waals surface area contributed by atoms with E-state index in [1.807, 2.05) is 19.9 Å². The van der Waals surface area contributed by atoms with Crippen LogP contribution in [0.25, 0.3) is 10.9 Å². The summed E-state index contributed by atoms with van der Waals surface area (Å²) in [4.78, 5) is 17.1. The molecule has 0 spiro atoms. The monoisotopic (exact) mass is 352 g/mol. The number of hydrogen-bond acceptors (Lipinski definition) is 3. The number of aromatic nitrogens is 1. The fourth-order valence-corrected chi connectivity index (χ4v) is 4.15. The molecule has 2 N–H and O–H groups in total. The highest BCUT2D eigenvalue weighted by Crippen LogP contribution is 2.40. The fourth-order valence-electron chi connectivity index (χ4n) is 4.15. The molecule has 4 nitrogen and oxygen atoms in total. The standard InChI is InChI=1S/C22H28N2O2/c1-22(2,26)18-7-9-19(10-8-18)24-21(25)17-11-16-6-5-15(14-3-4-14)12-20(16)23-13-17/h5-6,11-14,18-19,26H,3-4,7-10H2,1-2H3,(H,24,25)/t18-,19-. The summed E-state index contributed by atoms with van der Waals surface area (Å²) in [6, 6.07) is 8.54. The van der Waals surface area contributed by atoms with Crippen molar-refractivity contribution in [2.45, 2.75) is 69.9 Å². The molecule has 0 aliphatic heterocycles. The van der Waals surface area contributed by atoms with Gasteiger partial charge in [0, 0.05) is 17.6 Å².